The minimum absolute atomic E-state index is 0.0902. The molecule has 0 atom stereocenters. The predicted octanol–water partition coefficient (Wildman–Crippen LogP) is 1.86. The molecule has 1 aromatic rings. The van der Waals surface area contributed by atoms with Crippen LogP contribution in [0.1, 0.15) is 24.2 Å². The van der Waals surface area contributed by atoms with E-state index in [9.17, 15) is 4.79 Å². The summed E-state index contributed by atoms with van der Waals surface area (Å²) in [5, 5.41) is 2.83. The number of ether oxygens (including phenoxy) is 3. The van der Waals surface area contributed by atoms with Crippen LogP contribution in [0, 0.1) is 0 Å². The topological polar surface area (TPSA) is 56.8 Å². The number of amides is 1. The Kier molecular flexibility index (Phi) is 6.15. The van der Waals surface area contributed by atoms with Gasteiger partial charge in [-0.1, -0.05) is 0 Å². The van der Waals surface area contributed by atoms with Crippen molar-refractivity contribution in [2.24, 2.45) is 0 Å². The molecule has 0 radical (unpaired) electrons. The molecule has 0 fully saturated rings. The maximum Gasteiger partial charge on any atom is 0.251 e. The van der Waals surface area contributed by atoms with Gasteiger partial charge >= 0.3 is 0 Å². The van der Waals surface area contributed by atoms with Gasteiger partial charge < -0.3 is 19.5 Å². The number of benzene rings is 1. The number of rotatable bonds is 7. The number of nitrogens with one attached hydrogen (secondary N) is 1. The van der Waals surface area contributed by atoms with Gasteiger partial charge in [0.2, 0.25) is 0 Å². The first kappa shape index (κ1) is 15.3. The zero-order valence-corrected chi connectivity index (χ0v) is 11.9. The van der Waals surface area contributed by atoms with Gasteiger partial charge in [-0.05, 0) is 32.0 Å². The molecule has 0 aliphatic rings. The van der Waals surface area contributed by atoms with E-state index in [1.165, 1.54) is 0 Å². The van der Waals surface area contributed by atoms with Crippen LogP contribution in [-0.4, -0.2) is 39.4 Å². The monoisotopic (exact) mass is 267 g/mol. The second-order valence-electron chi connectivity index (χ2n) is 4.34. The first-order chi connectivity index (χ1) is 9.08. The molecule has 0 saturated heterocycles. The van der Waals surface area contributed by atoms with E-state index < -0.39 is 0 Å². The van der Waals surface area contributed by atoms with Crippen molar-refractivity contribution in [3.05, 3.63) is 23.8 Å². The van der Waals surface area contributed by atoms with Crippen LogP contribution >= 0.6 is 0 Å². The molecule has 0 bridgehead atoms. The molecule has 19 heavy (non-hydrogen) atoms. The summed E-state index contributed by atoms with van der Waals surface area (Å²) < 4.78 is 15.7. The fourth-order valence-electron chi connectivity index (χ4n) is 1.51. The van der Waals surface area contributed by atoms with E-state index >= 15 is 0 Å². The van der Waals surface area contributed by atoms with Crippen molar-refractivity contribution in [2.75, 3.05) is 27.4 Å². The quantitative estimate of drug-likeness (QED) is 0.766. The molecule has 5 nitrogen and oxygen atoms in total. The molecule has 5 heteroatoms. The zero-order valence-electron chi connectivity index (χ0n) is 11.9. The van der Waals surface area contributed by atoms with Gasteiger partial charge in [-0.15, -0.1) is 0 Å². The molecule has 1 N–H and O–H groups in total. The largest absolute Gasteiger partial charge is 0.493 e. The van der Waals surface area contributed by atoms with Gasteiger partial charge in [0.15, 0.2) is 11.5 Å². The minimum atomic E-state index is -0.130. The average molecular weight is 267 g/mol. The summed E-state index contributed by atoms with van der Waals surface area (Å²) in [5.41, 5.74) is 0.543. The van der Waals surface area contributed by atoms with Crippen molar-refractivity contribution < 1.29 is 19.0 Å². The smallest absolute Gasteiger partial charge is 0.251 e. The summed E-state index contributed by atoms with van der Waals surface area (Å²) in [5.74, 6) is 1.00. The molecule has 0 aromatic heterocycles. The van der Waals surface area contributed by atoms with Crippen LogP contribution < -0.4 is 14.8 Å². The van der Waals surface area contributed by atoms with E-state index in [1.54, 1.807) is 32.4 Å². The van der Waals surface area contributed by atoms with Crippen molar-refractivity contribution >= 4 is 5.91 Å². The van der Waals surface area contributed by atoms with Crippen molar-refractivity contribution in [3.8, 4) is 11.5 Å². The standard InChI is InChI=1S/C14H21NO4/c1-10(2)15-14(16)11-5-6-12(18-4)13(9-11)19-8-7-17-3/h5-6,9-10H,7-8H2,1-4H3,(H,15,16). The highest BCUT2D eigenvalue weighted by molar-refractivity contribution is 5.95. The van der Waals surface area contributed by atoms with Crippen LogP contribution in [0.5, 0.6) is 11.5 Å². The van der Waals surface area contributed by atoms with Crippen LogP contribution in [-0.2, 0) is 4.74 Å². The Balaban J connectivity index is 2.84. The van der Waals surface area contributed by atoms with Crippen molar-refractivity contribution in [1.29, 1.82) is 0 Å². The Hall–Kier alpha value is -1.75. The van der Waals surface area contributed by atoms with Crippen LogP contribution in [0.3, 0.4) is 0 Å². The molecule has 0 saturated carbocycles. The lowest BCUT2D eigenvalue weighted by atomic mass is 10.2. The lowest BCUT2D eigenvalue weighted by Crippen LogP contribution is -2.30. The third kappa shape index (κ3) is 4.79. The Morgan fingerprint density at radius 1 is 1.21 bits per heavy atom. The van der Waals surface area contributed by atoms with Crippen LogP contribution in [0.15, 0.2) is 18.2 Å². The predicted molar refractivity (Wildman–Crippen MR) is 73.0 cm³/mol. The molecule has 106 valence electrons. The van der Waals surface area contributed by atoms with Crippen LogP contribution in [0.4, 0.5) is 0 Å². The Morgan fingerprint density at radius 2 is 1.95 bits per heavy atom. The minimum Gasteiger partial charge on any atom is -0.493 e. The van der Waals surface area contributed by atoms with Gasteiger partial charge in [-0.3, -0.25) is 4.79 Å². The number of hydrogen-bond donors (Lipinski definition) is 1. The van der Waals surface area contributed by atoms with Crippen molar-refractivity contribution in [1.82, 2.24) is 5.32 Å². The molecule has 0 spiro atoms. The first-order valence-corrected chi connectivity index (χ1v) is 6.19. The van der Waals surface area contributed by atoms with E-state index in [0.717, 1.165) is 0 Å². The summed E-state index contributed by atoms with van der Waals surface area (Å²) in [6, 6.07) is 5.19. The molecule has 1 amide bonds. The van der Waals surface area contributed by atoms with Crippen molar-refractivity contribution in [3.63, 3.8) is 0 Å². The number of methoxy groups -OCH3 is 2. The molecule has 1 rings (SSSR count). The van der Waals surface area contributed by atoms with Crippen molar-refractivity contribution in [2.45, 2.75) is 19.9 Å². The Morgan fingerprint density at radius 3 is 2.53 bits per heavy atom. The summed E-state index contributed by atoms with van der Waals surface area (Å²) >= 11 is 0. The molecular formula is C14H21NO4. The number of carbonyl (C=O) groups is 1. The van der Waals surface area contributed by atoms with E-state index in [2.05, 4.69) is 5.32 Å². The van der Waals surface area contributed by atoms with E-state index in [-0.39, 0.29) is 11.9 Å². The zero-order chi connectivity index (χ0) is 14.3. The molecule has 0 unspecified atom stereocenters. The average Bonchev–Trinajstić information content (AvgIpc) is 2.38. The third-order valence-electron chi connectivity index (χ3n) is 2.39. The second kappa shape index (κ2) is 7.63. The molecular weight excluding hydrogens is 246 g/mol. The lowest BCUT2D eigenvalue weighted by molar-refractivity contribution is 0.0942. The van der Waals surface area contributed by atoms with E-state index in [4.69, 9.17) is 14.2 Å². The second-order valence-corrected chi connectivity index (χ2v) is 4.34. The van der Waals surface area contributed by atoms with Gasteiger partial charge in [0.05, 0.1) is 13.7 Å². The highest BCUT2D eigenvalue weighted by Gasteiger charge is 2.11. The summed E-state index contributed by atoms with van der Waals surface area (Å²) in [6.45, 7) is 4.71. The highest BCUT2D eigenvalue weighted by Crippen LogP contribution is 2.28. The lowest BCUT2D eigenvalue weighted by Gasteiger charge is -2.13. The third-order valence-corrected chi connectivity index (χ3v) is 2.39. The molecule has 0 aliphatic carbocycles. The van der Waals surface area contributed by atoms with Gasteiger partial charge in [-0.25, -0.2) is 0 Å². The van der Waals surface area contributed by atoms with Gasteiger partial charge in [0, 0.05) is 18.7 Å². The number of carbonyl (C=O) groups excluding carboxylic acids is 1. The normalized spacial score (nSPS) is 10.4. The SMILES string of the molecule is COCCOc1cc(C(=O)NC(C)C)ccc1OC. The summed E-state index contributed by atoms with van der Waals surface area (Å²) in [4.78, 5) is 11.9. The van der Waals surface area contributed by atoms with Gasteiger partial charge in [0.25, 0.3) is 5.91 Å². The summed E-state index contributed by atoms with van der Waals surface area (Å²) in [7, 11) is 3.17. The Labute approximate surface area is 113 Å². The molecule has 0 aliphatic heterocycles. The van der Waals surface area contributed by atoms with E-state index in [1.807, 2.05) is 13.8 Å². The van der Waals surface area contributed by atoms with E-state index in [0.29, 0.717) is 30.3 Å². The van der Waals surface area contributed by atoms with Crippen LogP contribution in [0.25, 0.3) is 0 Å². The number of hydrogen-bond acceptors (Lipinski definition) is 4. The first-order valence-electron chi connectivity index (χ1n) is 6.19. The van der Waals surface area contributed by atoms with Gasteiger partial charge in [0.1, 0.15) is 6.61 Å². The molecule has 0 heterocycles. The fraction of sp³-hybridized carbons (Fsp3) is 0.500. The maximum absolute atomic E-state index is 11.9. The summed E-state index contributed by atoms with van der Waals surface area (Å²) in [6.07, 6.45) is 0. The highest BCUT2D eigenvalue weighted by atomic mass is 16.5. The maximum atomic E-state index is 11.9. The molecule has 1 aromatic carbocycles. The van der Waals surface area contributed by atoms with Crippen LogP contribution in [0.2, 0.25) is 0 Å². The Bertz CT molecular complexity index is 418. The fourth-order valence-corrected chi connectivity index (χ4v) is 1.51. The van der Waals surface area contributed by atoms with Gasteiger partial charge in [-0.2, -0.15) is 0 Å².